The molecule has 0 aliphatic heterocycles. The Morgan fingerprint density at radius 3 is 2.57 bits per heavy atom. The Labute approximate surface area is 123 Å². The van der Waals surface area contributed by atoms with E-state index in [4.69, 9.17) is 5.26 Å². The van der Waals surface area contributed by atoms with Crippen LogP contribution in [0.1, 0.15) is 47.4 Å². The molecule has 2 aliphatic carbocycles. The minimum atomic E-state index is 0.202. The Balaban J connectivity index is 1.76. The van der Waals surface area contributed by atoms with E-state index < -0.39 is 0 Å². The zero-order chi connectivity index (χ0) is 14.4. The zero-order valence-electron chi connectivity index (χ0n) is 11.7. The molecule has 1 heterocycles. The fourth-order valence-corrected chi connectivity index (χ4v) is 3.57. The van der Waals surface area contributed by atoms with Gasteiger partial charge in [-0.25, -0.2) is 4.98 Å². The number of fused-ring (bicyclic) bond motifs is 1. The summed E-state index contributed by atoms with van der Waals surface area (Å²) in [5, 5.41) is 8.86. The summed E-state index contributed by atoms with van der Waals surface area (Å²) in [5.74, 6) is 0.206. The smallest absolute Gasteiger partial charge is 0.182 e. The third kappa shape index (κ3) is 1.81. The van der Waals surface area contributed by atoms with Gasteiger partial charge in [-0.05, 0) is 48.9 Å². The van der Waals surface area contributed by atoms with E-state index >= 15 is 0 Å². The molecule has 0 amide bonds. The molecular weight excluding hydrogens is 262 g/mol. The summed E-state index contributed by atoms with van der Waals surface area (Å²) in [6.45, 7) is 0. The van der Waals surface area contributed by atoms with Crippen LogP contribution in [-0.2, 0) is 6.42 Å². The normalized spacial score (nSPS) is 18.9. The van der Waals surface area contributed by atoms with Crippen molar-refractivity contribution in [3.05, 3.63) is 47.5 Å². The van der Waals surface area contributed by atoms with Crippen LogP contribution >= 0.6 is 0 Å². The molecular formula is C17H15N3O. The van der Waals surface area contributed by atoms with E-state index in [0.717, 1.165) is 36.3 Å². The largest absolute Gasteiger partial charge is 0.296 e. The van der Waals surface area contributed by atoms with Crippen molar-refractivity contribution < 1.29 is 4.79 Å². The van der Waals surface area contributed by atoms with Crippen LogP contribution in [0.3, 0.4) is 0 Å². The van der Waals surface area contributed by atoms with Gasteiger partial charge in [-0.15, -0.1) is 0 Å². The first-order chi connectivity index (χ1) is 10.2. The molecule has 1 spiro atoms. The van der Waals surface area contributed by atoms with Crippen molar-refractivity contribution in [1.82, 2.24) is 9.55 Å². The van der Waals surface area contributed by atoms with Crippen molar-refractivity contribution in [2.45, 2.75) is 32.1 Å². The monoisotopic (exact) mass is 277 g/mol. The summed E-state index contributed by atoms with van der Waals surface area (Å²) in [4.78, 5) is 17.0. The summed E-state index contributed by atoms with van der Waals surface area (Å²) < 4.78 is 1.87. The van der Waals surface area contributed by atoms with Gasteiger partial charge in [0.25, 0.3) is 0 Å². The van der Waals surface area contributed by atoms with E-state index in [1.165, 1.54) is 6.42 Å². The molecule has 0 atom stereocenters. The molecule has 2 aromatic rings. The number of ketones is 1. The Hall–Kier alpha value is -2.41. The van der Waals surface area contributed by atoms with Crippen LogP contribution < -0.4 is 0 Å². The van der Waals surface area contributed by atoms with Crippen LogP contribution in [0.25, 0.3) is 5.69 Å². The fraction of sp³-hybridized carbons (Fsp3) is 0.353. The van der Waals surface area contributed by atoms with Gasteiger partial charge in [0.1, 0.15) is 12.0 Å². The van der Waals surface area contributed by atoms with Gasteiger partial charge in [0.15, 0.2) is 5.78 Å². The highest BCUT2D eigenvalue weighted by atomic mass is 16.1. The number of aromatic nitrogens is 2. The maximum atomic E-state index is 12.6. The molecule has 4 rings (SSSR count). The van der Waals surface area contributed by atoms with Crippen LogP contribution in [0.15, 0.2) is 30.6 Å². The number of carbonyl (C=O) groups excluding carboxylic acids is 1. The lowest BCUT2D eigenvalue weighted by Gasteiger charge is -2.43. The highest BCUT2D eigenvalue weighted by Crippen LogP contribution is 2.50. The van der Waals surface area contributed by atoms with E-state index in [1.54, 1.807) is 18.5 Å². The second kappa shape index (κ2) is 4.29. The maximum Gasteiger partial charge on any atom is 0.182 e. The van der Waals surface area contributed by atoms with Gasteiger partial charge in [-0.3, -0.25) is 9.36 Å². The molecule has 1 aromatic carbocycles. The average molecular weight is 277 g/mol. The Morgan fingerprint density at radius 2 is 1.95 bits per heavy atom. The third-order valence-electron chi connectivity index (χ3n) is 4.87. The first kappa shape index (κ1) is 12.3. The molecule has 104 valence electrons. The average Bonchev–Trinajstić information content (AvgIpc) is 2.90. The topological polar surface area (TPSA) is 58.7 Å². The summed E-state index contributed by atoms with van der Waals surface area (Å²) in [5.41, 5.74) is 3.38. The maximum absolute atomic E-state index is 12.6. The van der Waals surface area contributed by atoms with E-state index in [1.807, 2.05) is 16.7 Å². The van der Waals surface area contributed by atoms with Gasteiger partial charge in [0.2, 0.25) is 0 Å². The van der Waals surface area contributed by atoms with Crippen molar-refractivity contribution in [2.75, 3.05) is 0 Å². The van der Waals surface area contributed by atoms with Crippen molar-refractivity contribution >= 4 is 5.78 Å². The number of benzene rings is 1. The van der Waals surface area contributed by atoms with Gasteiger partial charge in [-0.2, -0.15) is 5.26 Å². The van der Waals surface area contributed by atoms with E-state index in [9.17, 15) is 4.79 Å². The van der Waals surface area contributed by atoms with Crippen LogP contribution in [0.4, 0.5) is 0 Å². The van der Waals surface area contributed by atoms with Gasteiger partial charge in [0.05, 0.1) is 17.3 Å². The third-order valence-corrected chi connectivity index (χ3v) is 4.87. The zero-order valence-corrected chi connectivity index (χ0v) is 11.7. The number of Topliss-reactive ketones (excluding diaryl/α,β-unsaturated/α-hetero) is 1. The fourth-order valence-electron chi connectivity index (χ4n) is 3.57. The summed E-state index contributed by atoms with van der Waals surface area (Å²) in [7, 11) is 0. The molecule has 4 heteroatoms. The Kier molecular flexibility index (Phi) is 2.52. The molecule has 21 heavy (non-hydrogen) atoms. The van der Waals surface area contributed by atoms with Crippen molar-refractivity contribution in [3.63, 3.8) is 0 Å². The Bertz CT molecular complexity index is 760. The number of carbonyl (C=O) groups is 1. The first-order valence-corrected chi connectivity index (χ1v) is 7.31. The quantitative estimate of drug-likeness (QED) is 0.805. The second-order valence-corrected chi connectivity index (χ2v) is 6.20. The summed E-state index contributed by atoms with van der Waals surface area (Å²) in [6, 6.07) is 9.36. The SMILES string of the molecule is N#Cc1ccc(-n2cnc3c2C(=O)CC2(CCC2)C3)cc1. The van der Waals surface area contributed by atoms with Crippen LogP contribution in [0, 0.1) is 16.7 Å². The molecule has 0 unspecified atom stereocenters. The molecule has 1 saturated carbocycles. The van der Waals surface area contributed by atoms with Crippen molar-refractivity contribution in [1.29, 1.82) is 5.26 Å². The molecule has 0 saturated heterocycles. The first-order valence-electron chi connectivity index (χ1n) is 7.31. The number of imidazole rings is 1. The van der Waals surface area contributed by atoms with Crippen molar-refractivity contribution in [3.8, 4) is 11.8 Å². The van der Waals surface area contributed by atoms with Crippen molar-refractivity contribution in [2.24, 2.45) is 5.41 Å². The predicted molar refractivity (Wildman–Crippen MR) is 77.2 cm³/mol. The lowest BCUT2D eigenvalue weighted by molar-refractivity contribution is 0.0699. The molecule has 0 radical (unpaired) electrons. The van der Waals surface area contributed by atoms with Crippen LogP contribution in [0.2, 0.25) is 0 Å². The standard InChI is InChI=1S/C17H15N3O/c18-10-12-2-4-13(5-3-12)20-11-19-14-8-17(6-1-7-17)9-15(21)16(14)20/h2-5,11H,1,6-9H2. The van der Waals surface area contributed by atoms with E-state index in [-0.39, 0.29) is 11.2 Å². The molecule has 4 nitrogen and oxygen atoms in total. The van der Waals surface area contributed by atoms with Gasteiger partial charge in [-0.1, -0.05) is 6.42 Å². The molecule has 0 N–H and O–H groups in total. The molecule has 2 aliphatic rings. The van der Waals surface area contributed by atoms with E-state index in [0.29, 0.717) is 12.0 Å². The summed E-state index contributed by atoms with van der Waals surface area (Å²) in [6.07, 6.45) is 6.86. The summed E-state index contributed by atoms with van der Waals surface area (Å²) >= 11 is 0. The number of hydrogen-bond donors (Lipinski definition) is 0. The molecule has 0 bridgehead atoms. The Morgan fingerprint density at radius 1 is 1.19 bits per heavy atom. The van der Waals surface area contributed by atoms with Gasteiger partial charge in [0, 0.05) is 12.1 Å². The van der Waals surface area contributed by atoms with E-state index in [2.05, 4.69) is 11.1 Å². The second-order valence-electron chi connectivity index (χ2n) is 6.20. The number of rotatable bonds is 1. The van der Waals surface area contributed by atoms with Gasteiger partial charge >= 0.3 is 0 Å². The molecule has 1 aromatic heterocycles. The van der Waals surface area contributed by atoms with Gasteiger partial charge < -0.3 is 0 Å². The minimum absolute atomic E-state index is 0.202. The highest BCUT2D eigenvalue weighted by molar-refractivity contribution is 5.98. The lowest BCUT2D eigenvalue weighted by Crippen LogP contribution is -2.38. The van der Waals surface area contributed by atoms with Crippen LogP contribution in [0.5, 0.6) is 0 Å². The predicted octanol–water partition coefficient (Wildman–Crippen LogP) is 3.04. The highest BCUT2D eigenvalue weighted by Gasteiger charge is 2.44. The number of hydrogen-bond acceptors (Lipinski definition) is 3. The minimum Gasteiger partial charge on any atom is -0.296 e. The number of nitriles is 1. The molecule has 1 fully saturated rings. The lowest BCUT2D eigenvalue weighted by atomic mass is 9.61. The number of nitrogens with zero attached hydrogens (tertiary/aromatic N) is 3. The van der Waals surface area contributed by atoms with Crippen LogP contribution in [-0.4, -0.2) is 15.3 Å².